The molecule has 2 rings (SSSR count). The van der Waals surface area contributed by atoms with Crippen molar-refractivity contribution in [2.75, 3.05) is 11.1 Å². The van der Waals surface area contributed by atoms with Crippen LogP contribution in [0.15, 0.2) is 24.3 Å². The second-order valence-electron chi connectivity index (χ2n) is 4.23. The van der Waals surface area contributed by atoms with Crippen LogP contribution in [-0.2, 0) is 0 Å². The third kappa shape index (κ3) is 2.93. The zero-order valence-corrected chi connectivity index (χ0v) is 11.4. The Morgan fingerprint density at radius 3 is 2.68 bits per heavy atom. The monoisotopic (exact) mass is 280 g/mol. The quantitative estimate of drug-likeness (QED) is 0.847. The zero-order chi connectivity index (χ0) is 14.0. The van der Waals surface area contributed by atoms with Gasteiger partial charge in [-0.1, -0.05) is 18.2 Å². The molecule has 0 aliphatic carbocycles. The Balaban J connectivity index is 2.29. The first-order chi connectivity index (χ1) is 8.99. The normalized spacial score (nSPS) is 12.2. The van der Waals surface area contributed by atoms with Crippen molar-refractivity contribution in [3.8, 4) is 0 Å². The largest absolute Gasteiger partial charge is 0.394 e. The molecule has 0 bridgehead atoms. The van der Waals surface area contributed by atoms with Gasteiger partial charge in [0, 0.05) is 5.56 Å². The van der Waals surface area contributed by atoms with Gasteiger partial charge in [-0.2, -0.15) is 4.98 Å². The molecule has 0 radical (unpaired) electrons. The van der Waals surface area contributed by atoms with Crippen LogP contribution in [0.4, 0.5) is 15.9 Å². The van der Waals surface area contributed by atoms with Crippen molar-refractivity contribution >= 4 is 23.1 Å². The van der Waals surface area contributed by atoms with Crippen molar-refractivity contribution < 1.29 is 4.39 Å². The highest BCUT2D eigenvalue weighted by molar-refractivity contribution is 6.28. The lowest BCUT2D eigenvalue weighted by Gasteiger charge is -2.17. The number of rotatable bonds is 3. The molecule has 6 heteroatoms. The summed E-state index contributed by atoms with van der Waals surface area (Å²) in [5.74, 6) is 0.131. The first-order valence-electron chi connectivity index (χ1n) is 5.79. The number of nitrogens with one attached hydrogen (secondary N) is 1. The molecule has 0 aliphatic heterocycles. The number of nitrogen functional groups attached to an aromatic ring is 1. The SMILES string of the molecule is Cc1nc(Cl)nc(NC(C)c2ccccc2F)c1N. The van der Waals surface area contributed by atoms with E-state index in [1.807, 2.05) is 6.92 Å². The van der Waals surface area contributed by atoms with E-state index >= 15 is 0 Å². The summed E-state index contributed by atoms with van der Waals surface area (Å²) in [6.45, 7) is 3.56. The summed E-state index contributed by atoms with van der Waals surface area (Å²) in [4.78, 5) is 7.97. The molecular weight excluding hydrogens is 267 g/mol. The summed E-state index contributed by atoms with van der Waals surface area (Å²) >= 11 is 5.79. The maximum atomic E-state index is 13.7. The number of nitrogens with two attached hydrogens (primary N) is 1. The number of hydrogen-bond acceptors (Lipinski definition) is 4. The van der Waals surface area contributed by atoms with Crippen LogP contribution >= 0.6 is 11.6 Å². The minimum absolute atomic E-state index is 0.106. The fourth-order valence-corrected chi connectivity index (χ4v) is 1.98. The van der Waals surface area contributed by atoms with E-state index in [-0.39, 0.29) is 17.1 Å². The summed E-state index contributed by atoms with van der Waals surface area (Å²) in [5, 5.41) is 3.15. The van der Waals surface area contributed by atoms with Gasteiger partial charge in [0.1, 0.15) is 5.82 Å². The van der Waals surface area contributed by atoms with Crippen molar-refractivity contribution in [1.82, 2.24) is 9.97 Å². The summed E-state index contributed by atoms with van der Waals surface area (Å²) < 4.78 is 13.7. The molecule has 0 aliphatic rings. The topological polar surface area (TPSA) is 63.8 Å². The Bertz CT molecular complexity index is 603. The van der Waals surface area contributed by atoms with Crippen molar-refractivity contribution in [2.24, 2.45) is 0 Å². The van der Waals surface area contributed by atoms with E-state index in [1.165, 1.54) is 6.07 Å². The molecule has 0 fully saturated rings. The molecule has 1 aromatic heterocycles. The molecule has 1 aromatic carbocycles. The summed E-state index contributed by atoms with van der Waals surface area (Å²) in [7, 11) is 0. The molecule has 3 N–H and O–H groups in total. The molecule has 0 spiro atoms. The summed E-state index contributed by atoms with van der Waals surface area (Å²) in [6, 6.07) is 6.26. The lowest BCUT2D eigenvalue weighted by atomic mass is 10.1. The first kappa shape index (κ1) is 13.5. The van der Waals surface area contributed by atoms with Gasteiger partial charge in [-0.15, -0.1) is 0 Å². The Morgan fingerprint density at radius 2 is 2.00 bits per heavy atom. The first-order valence-corrected chi connectivity index (χ1v) is 6.17. The van der Waals surface area contributed by atoms with Crippen LogP contribution in [0.1, 0.15) is 24.2 Å². The van der Waals surface area contributed by atoms with Crippen LogP contribution in [0.5, 0.6) is 0 Å². The maximum absolute atomic E-state index is 13.7. The molecule has 100 valence electrons. The van der Waals surface area contributed by atoms with E-state index in [1.54, 1.807) is 25.1 Å². The van der Waals surface area contributed by atoms with Crippen LogP contribution in [0.2, 0.25) is 5.28 Å². The number of anilines is 2. The Labute approximate surface area is 115 Å². The van der Waals surface area contributed by atoms with Gasteiger partial charge in [0.05, 0.1) is 17.4 Å². The molecular formula is C13H14ClFN4. The van der Waals surface area contributed by atoms with Gasteiger partial charge in [0.2, 0.25) is 5.28 Å². The van der Waals surface area contributed by atoms with Crippen molar-refractivity contribution in [3.05, 3.63) is 46.6 Å². The third-order valence-corrected chi connectivity index (χ3v) is 3.00. The van der Waals surface area contributed by atoms with E-state index in [0.29, 0.717) is 22.8 Å². The molecule has 4 nitrogen and oxygen atoms in total. The number of hydrogen-bond donors (Lipinski definition) is 2. The predicted octanol–water partition coefficient (Wildman–Crippen LogP) is 3.33. The van der Waals surface area contributed by atoms with Gasteiger partial charge in [-0.3, -0.25) is 0 Å². The van der Waals surface area contributed by atoms with E-state index in [0.717, 1.165) is 0 Å². The second kappa shape index (κ2) is 5.40. The summed E-state index contributed by atoms with van der Waals surface area (Å²) in [6.07, 6.45) is 0. The van der Waals surface area contributed by atoms with Crippen molar-refractivity contribution in [1.29, 1.82) is 0 Å². The smallest absolute Gasteiger partial charge is 0.224 e. The zero-order valence-electron chi connectivity index (χ0n) is 10.6. The maximum Gasteiger partial charge on any atom is 0.224 e. The van der Waals surface area contributed by atoms with Crippen molar-refractivity contribution in [3.63, 3.8) is 0 Å². The molecule has 0 saturated heterocycles. The van der Waals surface area contributed by atoms with Crippen LogP contribution in [0.25, 0.3) is 0 Å². The molecule has 1 atom stereocenters. The average molecular weight is 281 g/mol. The number of benzene rings is 1. The van der Waals surface area contributed by atoms with Crippen LogP contribution in [0.3, 0.4) is 0 Å². The second-order valence-corrected chi connectivity index (χ2v) is 4.57. The Kier molecular flexibility index (Phi) is 3.85. The molecule has 2 aromatic rings. The molecule has 1 heterocycles. The molecule has 0 amide bonds. The molecule has 19 heavy (non-hydrogen) atoms. The number of nitrogens with zero attached hydrogens (tertiary/aromatic N) is 2. The van der Waals surface area contributed by atoms with Crippen LogP contribution < -0.4 is 11.1 Å². The molecule has 0 saturated carbocycles. The minimum atomic E-state index is -0.283. The number of aryl methyl sites for hydroxylation is 1. The highest BCUT2D eigenvalue weighted by Gasteiger charge is 2.14. The van der Waals surface area contributed by atoms with Gasteiger partial charge in [-0.25, -0.2) is 9.37 Å². The predicted molar refractivity (Wildman–Crippen MR) is 74.6 cm³/mol. The fraction of sp³-hybridized carbons (Fsp3) is 0.231. The van der Waals surface area contributed by atoms with Gasteiger partial charge < -0.3 is 11.1 Å². The van der Waals surface area contributed by atoms with Gasteiger partial charge in [0.25, 0.3) is 0 Å². The molecule has 1 unspecified atom stereocenters. The van der Waals surface area contributed by atoms with Crippen molar-refractivity contribution in [2.45, 2.75) is 19.9 Å². The lowest BCUT2D eigenvalue weighted by Crippen LogP contribution is -2.12. The number of halogens is 2. The summed E-state index contributed by atoms with van der Waals surface area (Å²) in [5.41, 5.74) is 7.41. The van der Waals surface area contributed by atoms with Gasteiger partial charge in [0.15, 0.2) is 5.82 Å². The Morgan fingerprint density at radius 1 is 1.32 bits per heavy atom. The van der Waals surface area contributed by atoms with E-state index in [9.17, 15) is 4.39 Å². The number of aromatic nitrogens is 2. The lowest BCUT2D eigenvalue weighted by molar-refractivity contribution is 0.600. The highest BCUT2D eigenvalue weighted by atomic mass is 35.5. The highest BCUT2D eigenvalue weighted by Crippen LogP contribution is 2.26. The van der Waals surface area contributed by atoms with Gasteiger partial charge in [-0.05, 0) is 31.5 Å². The van der Waals surface area contributed by atoms with Crippen LogP contribution in [0, 0.1) is 12.7 Å². The average Bonchev–Trinajstić information content (AvgIpc) is 2.35. The standard InChI is InChI=1S/C13H14ClFN4/c1-7(9-5-3-4-6-10(9)15)17-12-11(16)8(2)18-13(14)19-12/h3-7H,16H2,1-2H3,(H,17,18,19). The third-order valence-electron chi connectivity index (χ3n) is 2.83. The van der Waals surface area contributed by atoms with E-state index in [2.05, 4.69) is 15.3 Å². The van der Waals surface area contributed by atoms with Gasteiger partial charge >= 0.3 is 0 Å². The van der Waals surface area contributed by atoms with E-state index in [4.69, 9.17) is 17.3 Å². The fourth-order valence-electron chi connectivity index (χ4n) is 1.77. The Hall–Kier alpha value is -1.88. The van der Waals surface area contributed by atoms with Crippen LogP contribution in [-0.4, -0.2) is 9.97 Å². The van der Waals surface area contributed by atoms with E-state index < -0.39 is 0 Å². The minimum Gasteiger partial charge on any atom is -0.394 e.